The molecule has 0 radical (unpaired) electrons. The van der Waals surface area contributed by atoms with E-state index < -0.39 is 0 Å². The molecule has 0 amide bonds. The van der Waals surface area contributed by atoms with Gasteiger partial charge in [-0.25, -0.2) is 0 Å². The second kappa shape index (κ2) is 4.12. The molecule has 1 aromatic rings. The summed E-state index contributed by atoms with van der Waals surface area (Å²) in [4.78, 5) is 0. The van der Waals surface area contributed by atoms with E-state index in [0.717, 1.165) is 21.7 Å². The normalized spacial score (nSPS) is 13.0. The van der Waals surface area contributed by atoms with Crippen LogP contribution in [0.1, 0.15) is 23.6 Å². The van der Waals surface area contributed by atoms with Crippen LogP contribution >= 0.6 is 11.6 Å². The predicted molar refractivity (Wildman–Crippen MR) is 56.3 cm³/mol. The Morgan fingerprint density at radius 1 is 1.31 bits per heavy atom. The number of benzene rings is 1. The summed E-state index contributed by atoms with van der Waals surface area (Å²) >= 11 is 6.02. The van der Waals surface area contributed by atoms with E-state index in [0.29, 0.717) is 6.42 Å². The van der Waals surface area contributed by atoms with Gasteiger partial charge in [0.2, 0.25) is 0 Å². The van der Waals surface area contributed by atoms with E-state index in [9.17, 15) is 5.11 Å². The second-order valence-electron chi connectivity index (χ2n) is 3.60. The molecule has 1 rings (SSSR count). The SMILES string of the molecule is Cc1cc(CC(C)O)cc(C)c1Cl. The lowest BCUT2D eigenvalue weighted by atomic mass is 10.0. The number of halogens is 1. The maximum Gasteiger partial charge on any atom is 0.0552 e. The first kappa shape index (κ1) is 10.6. The summed E-state index contributed by atoms with van der Waals surface area (Å²) in [6, 6.07) is 4.06. The van der Waals surface area contributed by atoms with Crippen LogP contribution in [-0.4, -0.2) is 11.2 Å². The number of aliphatic hydroxyl groups excluding tert-OH is 1. The van der Waals surface area contributed by atoms with Gasteiger partial charge >= 0.3 is 0 Å². The molecule has 0 spiro atoms. The number of aryl methyl sites for hydroxylation is 2. The fourth-order valence-electron chi connectivity index (χ4n) is 1.49. The summed E-state index contributed by atoms with van der Waals surface area (Å²) in [5.41, 5.74) is 3.31. The summed E-state index contributed by atoms with van der Waals surface area (Å²) < 4.78 is 0. The van der Waals surface area contributed by atoms with Gasteiger partial charge < -0.3 is 5.11 Å². The van der Waals surface area contributed by atoms with Gasteiger partial charge in [-0.3, -0.25) is 0 Å². The molecule has 1 nitrogen and oxygen atoms in total. The van der Waals surface area contributed by atoms with E-state index in [4.69, 9.17) is 11.6 Å². The van der Waals surface area contributed by atoms with Gasteiger partial charge in [-0.15, -0.1) is 0 Å². The van der Waals surface area contributed by atoms with E-state index >= 15 is 0 Å². The van der Waals surface area contributed by atoms with Gasteiger partial charge in [0, 0.05) is 5.02 Å². The van der Waals surface area contributed by atoms with Gasteiger partial charge in [0.25, 0.3) is 0 Å². The van der Waals surface area contributed by atoms with E-state index in [1.165, 1.54) is 0 Å². The molecule has 1 atom stereocenters. The van der Waals surface area contributed by atoms with Crippen molar-refractivity contribution in [2.75, 3.05) is 0 Å². The van der Waals surface area contributed by atoms with Crippen LogP contribution in [-0.2, 0) is 6.42 Å². The topological polar surface area (TPSA) is 20.2 Å². The first-order valence-corrected chi connectivity index (χ1v) is 4.82. The Kier molecular flexibility index (Phi) is 3.34. The highest BCUT2D eigenvalue weighted by atomic mass is 35.5. The van der Waals surface area contributed by atoms with Crippen molar-refractivity contribution in [2.24, 2.45) is 0 Å². The van der Waals surface area contributed by atoms with Crippen LogP contribution in [0.5, 0.6) is 0 Å². The molecule has 1 unspecified atom stereocenters. The molecule has 0 aliphatic rings. The molecule has 2 heteroatoms. The Morgan fingerprint density at radius 2 is 1.77 bits per heavy atom. The van der Waals surface area contributed by atoms with Crippen molar-refractivity contribution < 1.29 is 5.11 Å². The highest BCUT2D eigenvalue weighted by molar-refractivity contribution is 6.32. The fourth-order valence-corrected chi connectivity index (χ4v) is 1.60. The lowest BCUT2D eigenvalue weighted by Gasteiger charge is -2.08. The minimum atomic E-state index is -0.292. The maximum absolute atomic E-state index is 9.22. The molecule has 1 aromatic carbocycles. The first-order valence-electron chi connectivity index (χ1n) is 4.44. The third kappa shape index (κ3) is 2.71. The van der Waals surface area contributed by atoms with Gasteiger partial charge in [-0.2, -0.15) is 0 Å². The standard InChI is InChI=1S/C11H15ClO/c1-7-4-10(6-9(3)13)5-8(2)11(7)12/h4-5,9,13H,6H2,1-3H3. The first-order chi connectivity index (χ1) is 6.00. The molecule has 0 saturated heterocycles. The zero-order chi connectivity index (χ0) is 10.0. The van der Waals surface area contributed by atoms with Crippen LogP contribution in [0.4, 0.5) is 0 Å². The summed E-state index contributed by atoms with van der Waals surface area (Å²) in [5, 5.41) is 10.1. The van der Waals surface area contributed by atoms with Crippen molar-refractivity contribution in [1.82, 2.24) is 0 Å². The van der Waals surface area contributed by atoms with Crippen molar-refractivity contribution in [2.45, 2.75) is 33.3 Å². The Morgan fingerprint density at radius 3 is 2.15 bits per heavy atom. The summed E-state index contributed by atoms with van der Waals surface area (Å²) in [7, 11) is 0. The molecule has 0 aliphatic carbocycles. The molecule has 0 heterocycles. The Hall–Kier alpha value is -0.530. The highest BCUT2D eigenvalue weighted by Crippen LogP contribution is 2.22. The van der Waals surface area contributed by atoms with Crippen LogP contribution in [0.15, 0.2) is 12.1 Å². The van der Waals surface area contributed by atoms with Gasteiger partial charge in [0.15, 0.2) is 0 Å². The molecule has 0 fully saturated rings. The quantitative estimate of drug-likeness (QED) is 0.775. The van der Waals surface area contributed by atoms with Crippen molar-refractivity contribution in [1.29, 1.82) is 0 Å². The van der Waals surface area contributed by atoms with E-state index in [-0.39, 0.29) is 6.10 Å². The lowest BCUT2D eigenvalue weighted by molar-refractivity contribution is 0.195. The molecule has 0 saturated carbocycles. The van der Waals surface area contributed by atoms with Crippen LogP contribution in [0.25, 0.3) is 0 Å². The maximum atomic E-state index is 9.22. The van der Waals surface area contributed by atoms with Crippen LogP contribution in [0.2, 0.25) is 5.02 Å². The average Bonchev–Trinajstić information content (AvgIpc) is 1.98. The van der Waals surface area contributed by atoms with Gasteiger partial charge in [0.05, 0.1) is 6.10 Å². The Bertz CT molecular complexity index is 282. The van der Waals surface area contributed by atoms with Crippen LogP contribution < -0.4 is 0 Å². The lowest BCUT2D eigenvalue weighted by Crippen LogP contribution is -2.04. The molecule has 72 valence electrons. The summed E-state index contributed by atoms with van der Waals surface area (Å²) in [6.07, 6.45) is 0.402. The molecule has 0 bridgehead atoms. The predicted octanol–water partition coefficient (Wildman–Crippen LogP) is 2.88. The zero-order valence-electron chi connectivity index (χ0n) is 8.26. The van der Waals surface area contributed by atoms with E-state index in [1.807, 2.05) is 26.0 Å². The van der Waals surface area contributed by atoms with Gasteiger partial charge in [0.1, 0.15) is 0 Å². The zero-order valence-corrected chi connectivity index (χ0v) is 9.02. The molecule has 0 aromatic heterocycles. The minimum Gasteiger partial charge on any atom is -0.393 e. The largest absolute Gasteiger partial charge is 0.393 e. The van der Waals surface area contributed by atoms with Crippen molar-refractivity contribution in [3.8, 4) is 0 Å². The van der Waals surface area contributed by atoms with Crippen molar-refractivity contribution in [3.63, 3.8) is 0 Å². The second-order valence-corrected chi connectivity index (χ2v) is 3.97. The number of hydrogen-bond acceptors (Lipinski definition) is 1. The average molecular weight is 199 g/mol. The smallest absolute Gasteiger partial charge is 0.0552 e. The van der Waals surface area contributed by atoms with Crippen molar-refractivity contribution >= 4 is 11.6 Å². The van der Waals surface area contributed by atoms with Crippen LogP contribution in [0, 0.1) is 13.8 Å². The molecular weight excluding hydrogens is 184 g/mol. The number of rotatable bonds is 2. The third-order valence-corrected chi connectivity index (χ3v) is 2.62. The molecule has 13 heavy (non-hydrogen) atoms. The minimum absolute atomic E-state index is 0.292. The number of aliphatic hydroxyl groups is 1. The molecule has 0 aliphatic heterocycles. The summed E-state index contributed by atoms with van der Waals surface area (Å²) in [5.74, 6) is 0. The molecular formula is C11H15ClO. The summed E-state index contributed by atoms with van der Waals surface area (Å²) in [6.45, 7) is 5.76. The Balaban J connectivity index is 2.99. The third-order valence-electron chi connectivity index (χ3n) is 2.03. The molecule has 1 N–H and O–H groups in total. The van der Waals surface area contributed by atoms with E-state index in [1.54, 1.807) is 6.92 Å². The van der Waals surface area contributed by atoms with Gasteiger partial charge in [-0.1, -0.05) is 23.7 Å². The highest BCUT2D eigenvalue weighted by Gasteiger charge is 2.04. The van der Waals surface area contributed by atoms with Crippen LogP contribution in [0.3, 0.4) is 0 Å². The van der Waals surface area contributed by atoms with E-state index in [2.05, 4.69) is 0 Å². The monoisotopic (exact) mass is 198 g/mol. The van der Waals surface area contributed by atoms with Crippen molar-refractivity contribution in [3.05, 3.63) is 33.8 Å². The number of hydrogen-bond donors (Lipinski definition) is 1. The van der Waals surface area contributed by atoms with Gasteiger partial charge in [-0.05, 0) is 43.9 Å². The fraction of sp³-hybridized carbons (Fsp3) is 0.455. The Labute approximate surface area is 84.4 Å².